The average Bonchev–Trinajstić information content (AvgIpc) is 3.44. The van der Waals surface area contributed by atoms with Crippen molar-refractivity contribution in [1.29, 1.82) is 0 Å². The average molecular weight is 504 g/mol. The molecule has 4 aromatic rings. The number of carbonyl (C=O) groups excluding carboxylic acids is 1. The van der Waals surface area contributed by atoms with Crippen LogP contribution in [0.1, 0.15) is 16.3 Å². The van der Waals surface area contributed by atoms with Crippen LogP contribution >= 0.6 is 46.4 Å². The Labute approximate surface area is 204 Å². The second kappa shape index (κ2) is 9.85. The normalized spacial score (nSPS) is 11.6. The number of ketones is 1. The molecule has 0 saturated heterocycles. The Bertz CT molecular complexity index is 1340. The molecule has 4 rings (SSSR count). The van der Waals surface area contributed by atoms with Gasteiger partial charge < -0.3 is 8.83 Å². The number of furan rings is 2. The number of carbonyl (C=O) groups is 1. The van der Waals surface area contributed by atoms with E-state index in [1.165, 1.54) is 6.08 Å². The third-order valence-corrected chi connectivity index (χ3v) is 5.61. The van der Waals surface area contributed by atoms with Crippen molar-refractivity contribution in [3.63, 3.8) is 0 Å². The number of rotatable bonds is 6. The SMILES string of the molecule is O=C(/C=C/C=C/c1ccc(-c2cc(Cl)ccc2Cl)o1)c1ccc(-c2cc(Cl)ccc2Cl)o1. The van der Waals surface area contributed by atoms with Crippen LogP contribution in [0.25, 0.3) is 28.7 Å². The maximum atomic E-state index is 12.4. The lowest BCUT2D eigenvalue weighted by Gasteiger charge is -2.01. The first-order valence-corrected chi connectivity index (χ1v) is 10.9. The Balaban J connectivity index is 1.43. The smallest absolute Gasteiger partial charge is 0.221 e. The summed E-state index contributed by atoms with van der Waals surface area (Å²) >= 11 is 24.4. The lowest BCUT2D eigenvalue weighted by molar-refractivity contribution is 0.102. The van der Waals surface area contributed by atoms with Crippen molar-refractivity contribution < 1.29 is 13.6 Å². The van der Waals surface area contributed by atoms with E-state index in [0.29, 0.717) is 48.5 Å². The quantitative estimate of drug-likeness (QED) is 0.149. The molecule has 0 aliphatic rings. The van der Waals surface area contributed by atoms with E-state index in [-0.39, 0.29) is 11.5 Å². The van der Waals surface area contributed by atoms with Crippen LogP contribution in [-0.2, 0) is 0 Å². The number of hydrogen-bond donors (Lipinski definition) is 0. The molecule has 32 heavy (non-hydrogen) atoms. The van der Waals surface area contributed by atoms with Crippen molar-refractivity contribution in [2.24, 2.45) is 0 Å². The van der Waals surface area contributed by atoms with E-state index in [4.69, 9.17) is 55.2 Å². The third-order valence-electron chi connectivity index (χ3n) is 4.48. The van der Waals surface area contributed by atoms with Crippen LogP contribution in [0.2, 0.25) is 20.1 Å². The van der Waals surface area contributed by atoms with Gasteiger partial charge in [-0.05, 0) is 72.8 Å². The molecule has 0 N–H and O–H groups in total. The Kier molecular flexibility index (Phi) is 6.92. The fourth-order valence-corrected chi connectivity index (χ4v) is 3.72. The third kappa shape index (κ3) is 5.20. The van der Waals surface area contributed by atoms with Crippen molar-refractivity contribution in [3.8, 4) is 22.6 Å². The zero-order chi connectivity index (χ0) is 22.7. The van der Waals surface area contributed by atoms with Crippen LogP contribution in [-0.4, -0.2) is 5.78 Å². The lowest BCUT2D eigenvalue weighted by atomic mass is 10.2. The molecular formula is C25H14Cl4O3. The van der Waals surface area contributed by atoms with Crippen molar-refractivity contribution in [2.45, 2.75) is 0 Å². The highest BCUT2D eigenvalue weighted by Crippen LogP contribution is 2.33. The molecule has 0 bridgehead atoms. The van der Waals surface area contributed by atoms with Gasteiger partial charge >= 0.3 is 0 Å². The molecule has 0 radical (unpaired) electrons. The molecule has 0 unspecified atom stereocenters. The number of allylic oxidation sites excluding steroid dienone is 3. The van der Waals surface area contributed by atoms with Crippen molar-refractivity contribution >= 4 is 58.3 Å². The zero-order valence-corrected chi connectivity index (χ0v) is 19.3. The van der Waals surface area contributed by atoms with E-state index in [1.54, 1.807) is 78.9 Å². The highest BCUT2D eigenvalue weighted by atomic mass is 35.5. The highest BCUT2D eigenvalue weighted by molar-refractivity contribution is 6.35. The van der Waals surface area contributed by atoms with Gasteiger partial charge in [-0.1, -0.05) is 58.6 Å². The first-order valence-electron chi connectivity index (χ1n) is 9.40. The van der Waals surface area contributed by atoms with Gasteiger partial charge in [0.25, 0.3) is 0 Å². The van der Waals surface area contributed by atoms with Crippen molar-refractivity contribution in [1.82, 2.24) is 0 Å². The summed E-state index contributed by atoms with van der Waals surface area (Å²) < 4.78 is 11.4. The highest BCUT2D eigenvalue weighted by Gasteiger charge is 2.13. The van der Waals surface area contributed by atoms with E-state index >= 15 is 0 Å². The maximum Gasteiger partial charge on any atom is 0.221 e. The second-order valence-electron chi connectivity index (χ2n) is 6.70. The lowest BCUT2D eigenvalue weighted by Crippen LogP contribution is -1.90. The minimum Gasteiger partial charge on any atom is -0.457 e. The first-order chi connectivity index (χ1) is 15.4. The van der Waals surface area contributed by atoms with Gasteiger partial charge in [-0.25, -0.2) is 0 Å². The molecule has 2 aromatic heterocycles. The fraction of sp³-hybridized carbons (Fsp3) is 0. The summed E-state index contributed by atoms with van der Waals surface area (Å²) in [6.07, 6.45) is 6.42. The van der Waals surface area contributed by atoms with Gasteiger partial charge in [0, 0.05) is 21.2 Å². The molecule has 0 spiro atoms. The summed E-state index contributed by atoms with van der Waals surface area (Å²) in [6.45, 7) is 0. The summed E-state index contributed by atoms with van der Waals surface area (Å²) in [5, 5.41) is 2.12. The van der Waals surface area contributed by atoms with Crippen LogP contribution in [0.15, 0.2) is 87.7 Å². The van der Waals surface area contributed by atoms with Crippen molar-refractivity contribution in [3.05, 3.63) is 111 Å². The topological polar surface area (TPSA) is 43.4 Å². The fourth-order valence-electron chi connectivity index (χ4n) is 2.95. The number of benzene rings is 2. The largest absolute Gasteiger partial charge is 0.457 e. The van der Waals surface area contributed by atoms with E-state index in [9.17, 15) is 4.79 Å². The zero-order valence-electron chi connectivity index (χ0n) is 16.3. The summed E-state index contributed by atoms with van der Waals surface area (Å²) in [5.74, 6) is 1.57. The summed E-state index contributed by atoms with van der Waals surface area (Å²) in [7, 11) is 0. The summed E-state index contributed by atoms with van der Waals surface area (Å²) in [5.41, 5.74) is 1.33. The van der Waals surface area contributed by atoms with E-state index in [0.717, 1.165) is 0 Å². The predicted molar refractivity (Wildman–Crippen MR) is 131 cm³/mol. The van der Waals surface area contributed by atoms with Crippen LogP contribution in [0.4, 0.5) is 0 Å². The Morgan fingerprint density at radius 3 is 1.94 bits per heavy atom. The molecule has 0 amide bonds. The number of halogens is 4. The monoisotopic (exact) mass is 502 g/mol. The molecule has 2 heterocycles. The predicted octanol–water partition coefficient (Wildman–Crippen LogP) is 9.27. The Hall–Kier alpha value is -2.69. The van der Waals surface area contributed by atoms with Gasteiger partial charge in [0.1, 0.15) is 17.3 Å². The molecule has 160 valence electrons. The van der Waals surface area contributed by atoms with Crippen LogP contribution in [0.5, 0.6) is 0 Å². The van der Waals surface area contributed by atoms with Crippen LogP contribution in [0, 0.1) is 0 Å². The minimum atomic E-state index is -0.287. The summed E-state index contributed by atoms with van der Waals surface area (Å²) in [6, 6.07) is 17.1. The molecule has 0 aliphatic carbocycles. The molecule has 0 saturated carbocycles. The molecule has 2 aromatic carbocycles. The van der Waals surface area contributed by atoms with Gasteiger partial charge in [0.15, 0.2) is 5.76 Å². The molecular weight excluding hydrogens is 490 g/mol. The molecule has 0 aliphatic heterocycles. The minimum absolute atomic E-state index is 0.191. The van der Waals surface area contributed by atoms with Crippen LogP contribution < -0.4 is 0 Å². The molecule has 3 nitrogen and oxygen atoms in total. The Morgan fingerprint density at radius 1 is 0.688 bits per heavy atom. The van der Waals surface area contributed by atoms with E-state index < -0.39 is 0 Å². The number of hydrogen-bond acceptors (Lipinski definition) is 3. The summed E-state index contributed by atoms with van der Waals surface area (Å²) in [4.78, 5) is 12.4. The van der Waals surface area contributed by atoms with E-state index in [1.807, 2.05) is 0 Å². The molecule has 0 atom stereocenters. The van der Waals surface area contributed by atoms with E-state index in [2.05, 4.69) is 0 Å². The van der Waals surface area contributed by atoms with Gasteiger partial charge in [0.2, 0.25) is 5.78 Å². The van der Waals surface area contributed by atoms with Gasteiger partial charge in [-0.2, -0.15) is 0 Å². The maximum absolute atomic E-state index is 12.4. The molecule has 7 heteroatoms. The van der Waals surface area contributed by atoms with Crippen molar-refractivity contribution in [2.75, 3.05) is 0 Å². The van der Waals surface area contributed by atoms with Gasteiger partial charge in [-0.15, -0.1) is 0 Å². The molecule has 0 fully saturated rings. The standard InChI is InChI=1S/C25H14Cl4O3/c26-15-5-8-20(28)18(13-15)23-10-7-17(31-23)3-1-2-4-22(30)25-12-11-24(32-25)19-14-16(27)6-9-21(19)29/h1-14H/b3-1+,4-2+. The second-order valence-corrected chi connectivity index (χ2v) is 8.38. The van der Waals surface area contributed by atoms with Gasteiger partial charge in [-0.3, -0.25) is 4.79 Å². The van der Waals surface area contributed by atoms with Gasteiger partial charge in [0.05, 0.1) is 10.0 Å². The Morgan fingerprint density at radius 2 is 1.28 bits per heavy atom. The first kappa shape index (κ1) is 22.5. The van der Waals surface area contributed by atoms with Crippen LogP contribution in [0.3, 0.4) is 0 Å².